The van der Waals surface area contributed by atoms with Gasteiger partial charge >= 0.3 is 19.1 Å². The predicted molar refractivity (Wildman–Crippen MR) is 83.4 cm³/mol. The maximum absolute atomic E-state index is 10.3. The first-order chi connectivity index (χ1) is 12.1. The van der Waals surface area contributed by atoms with E-state index in [9.17, 15) is 14.8 Å². The molecule has 6 N–H and O–H groups in total. The van der Waals surface area contributed by atoms with Crippen LogP contribution in [0.15, 0.2) is 12.7 Å². The summed E-state index contributed by atoms with van der Waals surface area (Å²) < 4.78 is 53.5. The number of nitrogens with two attached hydrogens (primary N) is 1. The van der Waals surface area contributed by atoms with Crippen LogP contribution in [0.4, 0.5) is 5.82 Å². The molecule has 0 radical (unpaired) electrons. The highest BCUT2D eigenvalue weighted by molar-refractivity contribution is 7.79. The molecule has 0 unspecified atom stereocenters. The Kier molecular flexibility index (Phi) is 6.48. The molecule has 0 aromatic carbocycles. The third kappa shape index (κ3) is 4.87. The number of ether oxygens (including phenoxy) is 1. The molecule has 0 aliphatic carbocycles. The van der Waals surface area contributed by atoms with Gasteiger partial charge in [0.05, 0.1) is 12.9 Å². The summed E-state index contributed by atoms with van der Waals surface area (Å²) in [5.74, 6) is 0.205. The van der Waals surface area contributed by atoms with Crippen molar-refractivity contribution in [3.63, 3.8) is 0 Å². The van der Waals surface area contributed by atoms with Crippen LogP contribution < -0.4 is 5.73 Å². The van der Waals surface area contributed by atoms with E-state index in [0.29, 0.717) is 11.2 Å². The Hall–Kier alpha value is -1.84. The highest BCUT2D eigenvalue weighted by Gasteiger charge is 2.44. The molecule has 26 heavy (non-hydrogen) atoms. The highest BCUT2D eigenvalue weighted by atomic mass is 32.3. The van der Waals surface area contributed by atoms with Gasteiger partial charge in [0.1, 0.15) is 30.2 Å². The molecule has 3 rings (SSSR count). The highest BCUT2D eigenvalue weighted by Crippen LogP contribution is 2.32. The predicted octanol–water partition coefficient (Wildman–Crippen LogP) is -1.40. The summed E-state index contributed by atoms with van der Waals surface area (Å²) >= 11 is 0. The van der Waals surface area contributed by atoms with E-state index in [1.807, 2.05) is 0 Å². The zero-order chi connectivity index (χ0) is 19.5. The number of rotatable bonds is 4. The van der Waals surface area contributed by atoms with Gasteiger partial charge in [0.25, 0.3) is 0 Å². The number of imidazole rings is 1. The van der Waals surface area contributed by atoms with E-state index in [4.69, 9.17) is 28.0 Å². The maximum atomic E-state index is 10.3. The molecule has 0 bridgehead atoms. The van der Waals surface area contributed by atoms with E-state index in [1.54, 1.807) is 0 Å². The number of anilines is 1. The van der Waals surface area contributed by atoms with Gasteiger partial charge in [-0.25, -0.2) is 19.5 Å². The number of aliphatic hydroxyl groups excluding tert-OH is 2. The average molecular weight is 411 g/mol. The monoisotopic (exact) mass is 411 g/mol. The van der Waals surface area contributed by atoms with Crippen molar-refractivity contribution in [2.45, 2.75) is 24.5 Å². The molecule has 0 spiro atoms. The van der Waals surface area contributed by atoms with E-state index < -0.39 is 43.6 Å². The third-order valence-corrected chi connectivity index (χ3v) is 3.54. The van der Waals surface area contributed by atoms with Gasteiger partial charge in [-0.3, -0.25) is 18.2 Å². The van der Waals surface area contributed by atoms with Crippen LogP contribution in [-0.4, -0.2) is 72.2 Å². The fourth-order valence-corrected chi connectivity index (χ4v) is 2.46. The summed E-state index contributed by atoms with van der Waals surface area (Å²) in [5, 5.41) is 20.0. The van der Waals surface area contributed by atoms with E-state index >= 15 is 0 Å². The second kappa shape index (κ2) is 8.24. The van der Waals surface area contributed by atoms with Crippen molar-refractivity contribution in [3.05, 3.63) is 12.7 Å². The number of aromatic nitrogens is 4. The van der Waals surface area contributed by atoms with Crippen LogP contribution in [0.3, 0.4) is 0 Å². The average Bonchev–Trinajstić information content (AvgIpc) is 3.08. The van der Waals surface area contributed by atoms with Crippen molar-refractivity contribution in [3.8, 4) is 0 Å². The molecule has 2 aromatic rings. The first-order valence-electron chi connectivity index (χ1n) is 6.72. The second-order valence-electron chi connectivity index (χ2n) is 4.95. The van der Waals surface area contributed by atoms with Crippen molar-refractivity contribution in [2.24, 2.45) is 0 Å². The summed E-state index contributed by atoms with van der Waals surface area (Å²) in [5.41, 5.74) is 6.44. The molecule has 144 valence electrons. The smallest absolute Gasteiger partial charge is 0.387 e. The van der Waals surface area contributed by atoms with Crippen molar-refractivity contribution in [1.29, 1.82) is 0 Å². The lowest BCUT2D eigenvalue weighted by atomic mass is 10.1. The Morgan fingerprint density at radius 1 is 1.27 bits per heavy atom. The Bertz CT molecular complexity index is 869. The maximum Gasteiger partial charge on any atom is 0.394 e. The third-order valence-electron chi connectivity index (χ3n) is 3.29. The summed E-state index contributed by atoms with van der Waals surface area (Å²) in [6.07, 6.45) is -1.46. The summed E-state index contributed by atoms with van der Waals surface area (Å²) in [4.78, 5) is 11.9. The molecule has 0 amide bonds. The van der Waals surface area contributed by atoms with Gasteiger partial charge in [-0.1, -0.05) is 0 Å². The van der Waals surface area contributed by atoms with Gasteiger partial charge in [-0.2, -0.15) is 8.42 Å². The fourth-order valence-electron chi connectivity index (χ4n) is 2.26. The standard InChI is InChI=1S/C10H12N5O5P.H2O4S/c11-8-5-9(13-2-12-8)15(3-14-5)10-7(17)6(16)4(20-10)1-19-21-18;1-5(2,3)4/h2-4,6-7,10,16-17H,1H2,(H2,11,12,13);(H2,1,2,3,4)/t4-,6-,7-,10-;/m1./s1. The Morgan fingerprint density at radius 2 is 1.92 bits per heavy atom. The lowest BCUT2D eigenvalue weighted by Crippen LogP contribution is -2.33. The molecular formula is C10H14N5O9PS. The van der Waals surface area contributed by atoms with Crippen molar-refractivity contribution in [1.82, 2.24) is 19.5 Å². The van der Waals surface area contributed by atoms with Gasteiger partial charge in [0.15, 0.2) is 17.7 Å². The second-order valence-corrected chi connectivity index (χ2v) is 6.25. The molecule has 3 heterocycles. The molecule has 14 nitrogen and oxygen atoms in total. The Balaban J connectivity index is 0.000000431. The van der Waals surface area contributed by atoms with E-state index in [1.165, 1.54) is 17.2 Å². The fraction of sp³-hybridized carbons (Fsp3) is 0.500. The molecule has 4 atom stereocenters. The molecular weight excluding hydrogens is 397 g/mol. The van der Waals surface area contributed by atoms with Crippen molar-refractivity contribution < 1.29 is 41.6 Å². The van der Waals surface area contributed by atoms with Gasteiger partial charge in [0, 0.05) is 0 Å². The number of fused-ring (bicyclic) bond motifs is 1. The van der Waals surface area contributed by atoms with Crippen molar-refractivity contribution >= 4 is 36.1 Å². The zero-order valence-corrected chi connectivity index (χ0v) is 14.4. The van der Waals surface area contributed by atoms with Crippen LogP contribution in [0.5, 0.6) is 0 Å². The minimum atomic E-state index is -4.67. The van der Waals surface area contributed by atoms with Gasteiger partial charge < -0.3 is 20.7 Å². The number of hydrogen-bond acceptors (Lipinski definition) is 11. The lowest BCUT2D eigenvalue weighted by Gasteiger charge is -2.16. The molecule has 0 saturated carbocycles. The quantitative estimate of drug-likeness (QED) is 0.289. The first kappa shape index (κ1) is 20.5. The van der Waals surface area contributed by atoms with Crippen molar-refractivity contribution in [2.75, 3.05) is 12.3 Å². The summed E-state index contributed by atoms with van der Waals surface area (Å²) in [6.45, 7) is -0.121. The Morgan fingerprint density at radius 3 is 2.54 bits per heavy atom. The SMILES string of the molecule is Nc1ncnc2c1ncn2[C@@H]1O[C@H](COP=O)[C@@H](O)[C@H]1O.O=S(=O)(O)O. The number of nitrogen functional groups attached to an aromatic ring is 1. The normalized spacial score (nSPS) is 26.0. The minimum absolute atomic E-state index is 0.121. The van der Waals surface area contributed by atoms with Crippen LogP contribution in [0.25, 0.3) is 11.2 Å². The van der Waals surface area contributed by atoms with Crippen LogP contribution in [0, 0.1) is 0 Å². The topological polar surface area (TPSA) is 220 Å². The van der Waals surface area contributed by atoms with Crippen LogP contribution in [0.1, 0.15) is 6.23 Å². The van der Waals surface area contributed by atoms with E-state index in [0.717, 1.165) is 0 Å². The van der Waals surface area contributed by atoms with E-state index in [2.05, 4.69) is 19.5 Å². The van der Waals surface area contributed by atoms with E-state index in [-0.39, 0.29) is 12.4 Å². The minimum Gasteiger partial charge on any atom is -0.387 e. The summed E-state index contributed by atoms with van der Waals surface area (Å²) in [6, 6.07) is 0. The Labute approximate surface area is 147 Å². The van der Waals surface area contributed by atoms with Crippen LogP contribution in [0.2, 0.25) is 0 Å². The molecule has 1 fully saturated rings. The zero-order valence-electron chi connectivity index (χ0n) is 12.7. The largest absolute Gasteiger partial charge is 0.394 e. The molecule has 1 aliphatic rings. The molecule has 1 saturated heterocycles. The number of nitrogens with zero attached hydrogens (tertiary/aromatic N) is 4. The van der Waals surface area contributed by atoms with Crippen LogP contribution >= 0.6 is 8.69 Å². The van der Waals surface area contributed by atoms with Gasteiger partial charge in [-0.05, 0) is 0 Å². The van der Waals surface area contributed by atoms with Gasteiger partial charge in [-0.15, -0.1) is 0 Å². The number of hydrogen-bond donors (Lipinski definition) is 5. The molecule has 16 heteroatoms. The number of aliphatic hydroxyl groups is 2. The summed E-state index contributed by atoms with van der Waals surface area (Å²) in [7, 11) is -5.19. The van der Waals surface area contributed by atoms with Crippen LogP contribution in [-0.2, 0) is 24.2 Å². The molecule has 2 aromatic heterocycles. The lowest BCUT2D eigenvalue weighted by molar-refractivity contribution is -0.0461. The first-order valence-corrected chi connectivity index (χ1v) is 8.85. The molecule has 1 aliphatic heterocycles. The van der Waals surface area contributed by atoms with Gasteiger partial charge in [0.2, 0.25) is 0 Å².